The van der Waals surface area contributed by atoms with Gasteiger partial charge in [-0.3, -0.25) is 0 Å². The Kier molecular flexibility index (Phi) is 14.8. The summed E-state index contributed by atoms with van der Waals surface area (Å²) in [4.78, 5) is 0. The van der Waals surface area contributed by atoms with Crippen LogP contribution in [0.25, 0.3) is 0 Å². The third-order valence-electron chi connectivity index (χ3n) is 5.25. The molecule has 0 bridgehead atoms. The first kappa shape index (κ1) is 24.4. The smallest absolute Gasteiger partial charge is 0.117 e. The zero-order chi connectivity index (χ0) is 19.7. The van der Waals surface area contributed by atoms with Crippen LogP contribution in [0.1, 0.15) is 90.4 Å². The first-order valence-electron chi connectivity index (χ1n) is 11.1. The lowest BCUT2D eigenvalue weighted by Crippen LogP contribution is -2.40. The molecule has 27 heavy (non-hydrogen) atoms. The van der Waals surface area contributed by atoms with Gasteiger partial charge in [-0.15, -0.1) is 0 Å². The van der Waals surface area contributed by atoms with E-state index in [1.54, 1.807) is 6.26 Å². The van der Waals surface area contributed by atoms with Gasteiger partial charge in [0.15, 0.2) is 0 Å². The zero-order valence-corrected chi connectivity index (χ0v) is 17.2. The lowest BCUT2D eigenvalue weighted by molar-refractivity contribution is -0.0703. The van der Waals surface area contributed by atoms with Crippen molar-refractivity contribution in [1.29, 1.82) is 0 Å². The van der Waals surface area contributed by atoms with Crippen molar-refractivity contribution in [3.8, 4) is 0 Å². The normalized spacial score (nSPS) is 23.9. The molecule has 1 heterocycles. The number of hydrogen-bond donors (Lipinski definition) is 3. The van der Waals surface area contributed by atoms with E-state index in [4.69, 9.17) is 9.47 Å². The van der Waals surface area contributed by atoms with E-state index in [1.807, 2.05) is 6.08 Å². The van der Waals surface area contributed by atoms with Crippen LogP contribution >= 0.6 is 0 Å². The largest absolute Gasteiger partial charge is 0.499 e. The molecule has 1 saturated heterocycles. The number of rotatable bonds is 17. The summed E-state index contributed by atoms with van der Waals surface area (Å²) in [5.41, 5.74) is 0. The van der Waals surface area contributed by atoms with E-state index in [0.717, 1.165) is 12.8 Å². The molecule has 0 saturated carbocycles. The molecule has 5 nitrogen and oxygen atoms in total. The van der Waals surface area contributed by atoms with Crippen molar-refractivity contribution < 1.29 is 24.8 Å². The third kappa shape index (κ3) is 11.7. The topological polar surface area (TPSA) is 79.2 Å². The first-order chi connectivity index (χ1) is 13.2. The highest BCUT2D eigenvalue weighted by Crippen LogP contribution is 2.18. The van der Waals surface area contributed by atoms with Gasteiger partial charge in [-0.1, -0.05) is 77.6 Å². The molecular weight excluding hydrogens is 344 g/mol. The van der Waals surface area contributed by atoms with Crippen molar-refractivity contribution in [2.75, 3.05) is 13.2 Å². The van der Waals surface area contributed by atoms with Gasteiger partial charge < -0.3 is 24.8 Å². The quantitative estimate of drug-likeness (QED) is 0.259. The molecule has 1 aliphatic rings. The summed E-state index contributed by atoms with van der Waals surface area (Å²) < 4.78 is 10.5. The maximum absolute atomic E-state index is 9.90. The van der Waals surface area contributed by atoms with Gasteiger partial charge in [0.05, 0.1) is 12.9 Å². The minimum absolute atomic E-state index is 0.0533. The SMILES string of the molecule is CCCCCCCCCCCCCC/C=C/OC[C@H](O)[C@@H]1OC[C@@H](O)[C@@H]1O. The molecule has 3 N–H and O–H groups in total. The highest BCUT2D eigenvalue weighted by molar-refractivity contribution is 4.88. The molecule has 0 unspecified atom stereocenters. The summed E-state index contributed by atoms with van der Waals surface area (Å²) in [5, 5.41) is 28.9. The van der Waals surface area contributed by atoms with Crippen LogP contribution in [0.2, 0.25) is 0 Å². The Morgan fingerprint density at radius 2 is 1.48 bits per heavy atom. The minimum atomic E-state index is -1.05. The van der Waals surface area contributed by atoms with Crippen molar-refractivity contribution in [3.05, 3.63) is 12.3 Å². The summed E-state index contributed by atoms with van der Waals surface area (Å²) >= 11 is 0. The molecular formula is C22H42O5. The van der Waals surface area contributed by atoms with Crippen molar-refractivity contribution in [1.82, 2.24) is 0 Å². The second kappa shape index (κ2) is 16.3. The van der Waals surface area contributed by atoms with Gasteiger partial charge in [0.25, 0.3) is 0 Å². The van der Waals surface area contributed by atoms with Gasteiger partial charge in [-0.25, -0.2) is 0 Å². The van der Waals surface area contributed by atoms with Crippen LogP contribution in [0.3, 0.4) is 0 Å². The van der Waals surface area contributed by atoms with Crippen molar-refractivity contribution in [2.24, 2.45) is 0 Å². The second-order valence-electron chi connectivity index (χ2n) is 7.81. The minimum Gasteiger partial charge on any atom is -0.499 e. The fraction of sp³-hybridized carbons (Fsp3) is 0.909. The molecule has 4 atom stereocenters. The van der Waals surface area contributed by atoms with Crippen molar-refractivity contribution >= 4 is 0 Å². The Morgan fingerprint density at radius 3 is 2.00 bits per heavy atom. The number of ether oxygens (including phenoxy) is 2. The summed E-state index contributed by atoms with van der Waals surface area (Å²) in [6, 6.07) is 0. The molecule has 0 aromatic rings. The molecule has 5 heteroatoms. The summed E-state index contributed by atoms with van der Waals surface area (Å²) in [5.74, 6) is 0. The van der Waals surface area contributed by atoms with Crippen LogP contribution in [-0.4, -0.2) is 52.9 Å². The first-order valence-corrected chi connectivity index (χ1v) is 11.1. The fourth-order valence-electron chi connectivity index (χ4n) is 3.45. The molecule has 0 amide bonds. The maximum Gasteiger partial charge on any atom is 0.117 e. The average Bonchev–Trinajstić information content (AvgIpc) is 3.00. The monoisotopic (exact) mass is 386 g/mol. The number of unbranched alkanes of at least 4 members (excludes halogenated alkanes) is 12. The summed E-state index contributed by atoms with van der Waals surface area (Å²) in [7, 11) is 0. The van der Waals surface area contributed by atoms with Gasteiger partial charge in [0, 0.05) is 0 Å². The van der Waals surface area contributed by atoms with Gasteiger partial charge >= 0.3 is 0 Å². The van der Waals surface area contributed by atoms with Crippen LogP contribution in [0.4, 0.5) is 0 Å². The van der Waals surface area contributed by atoms with Gasteiger partial charge in [-0.2, -0.15) is 0 Å². The number of aliphatic hydroxyl groups excluding tert-OH is 3. The van der Waals surface area contributed by atoms with Gasteiger partial charge in [0.2, 0.25) is 0 Å². The average molecular weight is 387 g/mol. The van der Waals surface area contributed by atoms with Crippen molar-refractivity contribution in [2.45, 2.75) is 115 Å². The molecule has 0 aromatic carbocycles. The lowest BCUT2D eigenvalue weighted by atomic mass is 10.0. The van der Waals surface area contributed by atoms with E-state index in [2.05, 4.69) is 6.92 Å². The Bertz CT molecular complexity index is 361. The van der Waals surface area contributed by atoms with Crippen LogP contribution < -0.4 is 0 Å². The lowest BCUT2D eigenvalue weighted by Gasteiger charge is -2.20. The molecule has 0 aliphatic carbocycles. The van der Waals surface area contributed by atoms with E-state index in [1.165, 1.54) is 70.6 Å². The van der Waals surface area contributed by atoms with Gasteiger partial charge in [-0.05, 0) is 18.9 Å². The molecule has 0 radical (unpaired) electrons. The third-order valence-corrected chi connectivity index (χ3v) is 5.25. The fourth-order valence-corrected chi connectivity index (χ4v) is 3.45. The molecule has 1 fully saturated rings. The van der Waals surface area contributed by atoms with Crippen LogP contribution in [0, 0.1) is 0 Å². The van der Waals surface area contributed by atoms with Crippen LogP contribution in [0.5, 0.6) is 0 Å². The zero-order valence-electron chi connectivity index (χ0n) is 17.2. The van der Waals surface area contributed by atoms with Crippen molar-refractivity contribution in [3.63, 3.8) is 0 Å². The highest BCUT2D eigenvalue weighted by Gasteiger charge is 2.39. The van der Waals surface area contributed by atoms with E-state index in [9.17, 15) is 15.3 Å². The summed E-state index contributed by atoms with van der Waals surface area (Å²) in [6.45, 7) is 2.37. The van der Waals surface area contributed by atoms with E-state index in [0.29, 0.717) is 0 Å². The number of allylic oxidation sites excluding steroid dienone is 1. The van der Waals surface area contributed by atoms with E-state index in [-0.39, 0.29) is 13.2 Å². The van der Waals surface area contributed by atoms with Crippen LogP contribution in [0.15, 0.2) is 12.3 Å². The Morgan fingerprint density at radius 1 is 0.926 bits per heavy atom. The Balaban J connectivity index is 1.83. The van der Waals surface area contributed by atoms with Gasteiger partial charge in [0.1, 0.15) is 31.0 Å². The predicted molar refractivity (Wildman–Crippen MR) is 109 cm³/mol. The predicted octanol–water partition coefficient (Wildman–Crippen LogP) is 4.09. The second-order valence-corrected chi connectivity index (χ2v) is 7.81. The summed E-state index contributed by atoms with van der Waals surface area (Å²) in [6.07, 6.45) is 17.1. The maximum atomic E-state index is 9.90. The molecule has 1 rings (SSSR count). The Hall–Kier alpha value is -0.620. The molecule has 0 spiro atoms. The van der Waals surface area contributed by atoms with E-state index < -0.39 is 24.4 Å². The molecule has 0 aromatic heterocycles. The molecule has 1 aliphatic heterocycles. The Labute approximate surface area is 165 Å². The number of aliphatic hydroxyl groups is 3. The van der Waals surface area contributed by atoms with E-state index >= 15 is 0 Å². The molecule has 160 valence electrons. The highest BCUT2D eigenvalue weighted by atomic mass is 16.5. The van der Waals surface area contributed by atoms with Crippen LogP contribution in [-0.2, 0) is 9.47 Å². The standard InChI is InChI=1S/C22H42O5/c1-2-3-4-5-6-7-8-9-10-11-12-13-14-15-16-26-17-20(24)22-21(25)19(23)18-27-22/h15-16,19-25H,2-14,17-18H2,1H3/b16-15+/t19-,20+,21+,22+/m1/s1. The number of hydrogen-bond acceptors (Lipinski definition) is 5.